The zero-order valence-electron chi connectivity index (χ0n) is 4.04. The van der Waals surface area contributed by atoms with Gasteiger partial charge in [-0.15, -0.1) is 5.10 Å². The van der Waals surface area contributed by atoms with E-state index in [1.807, 2.05) is 0 Å². The van der Waals surface area contributed by atoms with Crippen LogP contribution in [-0.4, -0.2) is 20.7 Å². The summed E-state index contributed by atoms with van der Waals surface area (Å²) in [5, 5.41) is 11.7. The normalized spacial score (nSPS) is 9.44. The summed E-state index contributed by atoms with van der Waals surface area (Å²) in [6.45, 7) is 0. The SMILES string of the molecule is O=C(O)c1nnsc1Br. The van der Waals surface area contributed by atoms with Gasteiger partial charge in [0.05, 0.1) is 0 Å². The third-order valence-electron chi connectivity index (χ3n) is 0.651. The lowest BCUT2D eigenvalue weighted by molar-refractivity contribution is 0.0689. The molecule has 0 radical (unpaired) electrons. The molecule has 6 heteroatoms. The van der Waals surface area contributed by atoms with Crippen molar-refractivity contribution >= 4 is 33.4 Å². The number of hydrogen-bond acceptors (Lipinski definition) is 4. The van der Waals surface area contributed by atoms with Crippen molar-refractivity contribution in [2.45, 2.75) is 0 Å². The van der Waals surface area contributed by atoms with Crippen molar-refractivity contribution in [2.75, 3.05) is 0 Å². The Morgan fingerprint density at radius 3 is 2.67 bits per heavy atom. The number of nitrogens with zero attached hydrogens (tertiary/aromatic N) is 2. The molecule has 0 unspecified atom stereocenters. The van der Waals surface area contributed by atoms with Crippen LogP contribution in [0.5, 0.6) is 0 Å². The second kappa shape index (κ2) is 2.40. The molecule has 1 rings (SSSR count). The first kappa shape index (κ1) is 6.63. The van der Waals surface area contributed by atoms with Gasteiger partial charge in [0.1, 0.15) is 3.79 Å². The quantitative estimate of drug-likeness (QED) is 0.749. The van der Waals surface area contributed by atoms with Crippen LogP contribution >= 0.6 is 27.5 Å². The Morgan fingerprint density at radius 2 is 2.44 bits per heavy atom. The number of carboxylic acid groups (broad SMARTS) is 1. The van der Waals surface area contributed by atoms with Gasteiger partial charge in [0.2, 0.25) is 0 Å². The molecule has 0 aromatic carbocycles. The van der Waals surface area contributed by atoms with E-state index >= 15 is 0 Å². The summed E-state index contributed by atoms with van der Waals surface area (Å²) < 4.78 is 3.86. The minimum absolute atomic E-state index is 0.0278. The van der Waals surface area contributed by atoms with Crippen LogP contribution in [0, 0.1) is 0 Å². The van der Waals surface area contributed by atoms with E-state index < -0.39 is 5.97 Å². The van der Waals surface area contributed by atoms with E-state index in [0.29, 0.717) is 3.79 Å². The van der Waals surface area contributed by atoms with Gasteiger partial charge in [0, 0.05) is 0 Å². The molecule has 0 spiro atoms. The van der Waals surface area contributed by atoms with E-state index in [1.165, 1.54) is 0 Å². The van der Waals surface area contributed by atoms with Gasteiger partial charge in [-0.1, -0.05) is 4.49 Å². The smallest absolute Gasteiger partial charge is 0.358 e. The molecule has 0 aliphatic carbocycles. The number of halogens is 1. The highest BCUT2D eigenvalue weighted by Gasteiger charge is 2.11. The maximum atomic E-state index is 10.2. The van der Waals surface area contributed by atoms with E-state index in [-0.39, 0.29) is 5.69 Å². The molecular formula is C3HBrN2O2S. The van der Waals surface area contributed by atoms with E-state index in [1.54, 1.807) is 0 Å². The van der Waals surface area contributed by atoms with Gasteiger partial charge in [-0.05, 0) is 27.5 Å². The monoisotopic (exact) mass is 208 g/mol. The zero-order valence-corrected chi connectivity index (χ0v) is 6.44. The van der Waals surface area contributed by atoms with Crippen molar-refractivity contribution in [2.24, 2.45) is 0 Å². The van der Waals surface area contributed by atoms with E-state index in [4.69, 9.17) is 5.11 Å². The Bertz CT molecular complexity index is 235. The highest BCUT2D eigenvalue weighted by atomic mass is 79.9. The number of hydrogen-bond donors (Lipinski definition) is 1. The molecule has 0 bridgehead atoms. The molecule has 1 heterocycles. The van der Waals surface area contributed by atoms with Gasteiger partial charge in [-0.2, -0.15) is 0 Å². The van der Waals surface area contributed by atoms with E-state index in [2.05, 4.69) is 25.5 Å². The van der Waals surface area contributed by atoms with Crippen LogP contribution in [0.2, 0.25) is 0 Å². The second-order valence-corrected chi connectivity index (χ2v) is 3.27. The van der Waals surface area contributed by atoms with Crippen molar-refractivity contribution in [1.82, 2.24) is 9.59 Å². The fourth-order valence-electron chi connectivity index (χ4n) is 0.306. The molecule has 1 N–H and O–H groups in total. The Labute approximate surface area is 62.8 Å². The zero-order chi connectivity index (χ0) is 6.85. The molecule has 1 aromatic heterocycles. The Balaban J connectivity index is 3.08. The minimum Gasteiger partial charge on any atom is -0.476 e. The van der Waals surface area contributed by atoms with Crippen LogP contribution in [-0.2, 0) is 0 Å². The van der Waals surface area contributed by atoms with Crippen LogP contribution in [0.1, 0.15) is 10.5 Å². The summed E-state index contributed by atoms with van der Waals surface area (Å²) in [6, 6.07) is 0. The lowest BCUT2D eigenvalue weighted by Gasteiger charge is -1.80. The van der Waals surface area contributed by atoms with Gasteiger partial charge in [0.25, 0.3) is 0 Å². The first-order valence-electron chi connectivity index (χ1n) is 1.93. The van der Waals surface area contributed by atoms with Crippen molar-refractivity contribution in [3.63, 3.8) is 0 Å². The molecule has 48 valence electrons. The largest absolute Gasteiger partial charge is 0.476 e. The number of carbonyl (C=O) groups is 1. The number of carboxylic acids is 1. The number of aromatic carboxylic acids is 1. The Hall–Kier alpha value is -0.490. The highest BCUT2D eigenvalue weighted by molar-refractivity contribution is 9.11. The summed E-state index contributed by atoms with van der Waals surface area (Å²) in [5.41, 5.74) is -0.0278. The van der Waals surface area contributed by atoms with Crippen LogP contribution in [0.25, 0.3) is 0 Å². The fraction of sp³-hybridized carbons (Fsp3) is 0. The van der Waals surface area contributed by atoms with Crippen LogP contribution in [0.15, 0.2) is 3.79 Å². The average molecular weight is 209 g/mol. The van der Waals surface area contributed by atoms with E-state index in [0.717, 1.165) is 11.5 Å². The molecular weight excluding hydrogens is 208 g/mol. The summed E-state index contributed by atoms with van der Waals surface area (Å²) in [5.74, 6) is -1.06. The molecule has 0 amide bonds. The third-order valence-corrected chi connectivity index (χ3v) is 1.98. The minimum atomic E-state index is -1.06. The Kier molecular flexibility index (Phi) is 1.77. The summed E-state index contributed by atoms with van der Waals surface area (Å²) in [6.07, 6.45) is 0. The number of aromatic nitrogens is 2. The fourth-order valence-corrected chi connectivity index (χ4v) is 1.16. The van der Waals surface area contributed by atoms with Gasteiger partial charge < -0.3 is 5.11 Å². The van der Waals surface area contributed by atoms with Gasteiger partial charge in [-0.25, -0.2) is 4.79 Å². The third kappa shape index (κ3) is 1.25. The van der Waals surface area contributed by atoms with Gasteiger partial charge in [0.15, 0.2) is 5.69 Å². The molecule has 1 aromatic rings. The molecule has 4 nitrogen and oxygen atoms in total. The van der Waals surface area contributed by atoms with Crippen molar-refractivity contribution in [3.8, 4) is 0 Å². The van der Waals surface area contributed by atoms with Gasteiger partial charge >= 0.3 is 5.97 Å². The predicted octanol–water partition coefficient (Wildman–Crippen LogP) is 0.999. The van der Waals surface area contributed by atoms with Crippen LogP contribution < -0.4 is 0 Å². The highest BCUT2D eigenvalue weighted by Crippen LogP contribution is 2.17. The van der Waals surface area contributed by atoms with Crippen molar-refractivity contribution in [3.05, 3.63) is 9.48 Å². The maximum Gasteiger partial charge on any atom is 0.358 e. The lowest BCUT2D eigenvalue weighted by atomic mass is 10.5. The average Bonchev–Trinajstić information content (AvgIpc) is 2.13. The molecule has 9 heavy (non-hydrogen) atoms. The van der Waals surface area contributed by atoms with Crippen molar-refractivity contribution in [1.29, 1.82) is 0 Å². The summed E-state index contributed by atoms with van der Waals surface area (Å²) in [4.78, 5) is 10.2. The predicted molar refractivity (Wildman–Crippen MR) is 34.6 cm³/mol. The standard InChI is InChI=1S/C3HBrN2O2S/c4-2-1(3(7)8)5-6-9-2/h(H,7,8). The summed E-state index contributed by atoms with van der Waals surface area (Å²) in [7, 11) is 0. The van der Waals surface area contributed by atoms with Gasteiger partial charge in [-0.3, -0.25) is 0 Å². The molecule has 0 saturated heterocycles. The molecule has 0 aliphatic heterocycles. The number of rotatable bonds is 1. The van der Waals surface area contributed by atoms with Crippen LogP contribution in [0.4, 0.5) is 0 Å². The summed E-state index contributed by atoms with van der Waals surface area (Å²) >= 11 is 3.99. The lowest BCUT2D eigenvalue weighted by Crippen LogP contribution is -1.96. The topological polar surface area (TPSA) is 63.1 Å². The first-order chi connectivity index (χ1) is 4.22. The first-order valence-corrected chi connectivity index (χ1v) is 3.49. The Morgan fingerprint density at radius 1 is 1.78 bits per heavy atom. The van der Waals surface area contributed by atoms with Crippen LogP contribution in [0.3, 0.4) is 0 Å². The van der Waals surface area contributed by atoms with Crippen molar-refractivity contribution < 1.29 is 9.90 Å². The maximum absolute atomic E-state index is 10.2. The second-order valence-electron chi connectivity index (χ2n) is 1.20. The van der Waals surface area contributed by atoms with E-state index in [9.17, 15) is 4.79 Å². The molecule has 0 aliphatic rings. The molecule has 0 fully saturated rings. The molecule has 0 saturated carbocycles. The molecule has 0 atom stereocenters.